The van der Waals surface area contributed by atoms with Crippen molar-refractivity contribution in [2.75, 3.05) is 5.32 Å². The Hall–Kier alpha value is -2.96. The van der Waals surface area contributed by atoms with Crippen LogP contribution in [-0.2, 0) is 6.54 Å². The number of halogens is 2. The number of hydrogen-bond donors (Lipinski definition) is 2. The van der Waals surface area contributed by atoms with Crippen molar-refractivity contribution in [2.24, 2.45) is 0 Å². The molecule has 0 spiro atoms. The van der Waals surface area contributed by atoms with Crippen LogP contribution in [0.3, 0.4) is 0 Å². The van der Waals surface area contributed by atoms with Crippen molar-refractivity contribution in [3.63, 3.8) is 0 Å². The maximum Gasteiger partial charge on any atom is 0.319 e. The van der Waals surface area contributed by atoms with E-state index in [2.05, 4.69) is 15.6 Å². The van der Waals surface area contributed by atoms with Crippen LogP contribution in [0.5, 0.6) is 0 Å². The number of anilines is 1. The molecule has 7 heteroatoms. The van der Waals surface area contributed by atoms with E-state index in [-0.39, 0.29) is 12.2 Å². The Morgan fingerprint density at radius 3 is 2.83 bits per heavy atom. The summed E-state index contributed by atoms with van der Waals surface area (Å²) >= 11 is 0. The summed E-state index contributed by atoms with van der Waals surface area (Å²) in [6.45, 7) is 2.14. The molecule has 23 heavy (non-hydrogen) atoms. The minimum Gasteiger partial charge on any atom is -0.332 e. The summed E-state index contributed by atoms with van der Waals surface area (Å²) in [6.07, 6.45) is 1.82. The lowest BCUT2D eigenvalue weighted by atomic mass is 10.3. The van der Waals surface area contributed by atoms with Gasteiger partial charge in [0.15, 0.2) is 0 Å². The zero-order valence-electron chi connectivity index (χ0n) is 12.3. The van der Waals surface area contributed by atoms with Gasteiger partial charge in [-0.25, -0.2) is 18.6 Å². The number of aromatic nitrogens is 2. The van der Waals surface area contributed by atoms with E-state index < -0.39 is 17.7 Å². The number of nitrogens with zero attached hydrogens (tertiary/aromatic N) is 2. The number of rotatable bonds is 3. The first-order valence-electron chi connectivity index (χ1n) is 6.96. The molecule has 5 nitrogen and oxygen atoms in total. The van der Waals surface area contributed by atoms with Gasteiger partial charge in [0.25, 0.3) is 0 Å². The Bertz CT molecular complexity index is 876. The van der Waals surface area contributed by atoms with E-state index >= 15 is 0 Å². The lowest BCUT2D eigenvalue weighted by Gasteiger charge is -2.07. The fourth-order valence-corrected chi connectivity index (χ4v) is 2.21. The fraction of sp³-hybridized carbons (Fsp3) is 0.125. The van der Waals surface area contributed by atoms with E-state index in [1.807, 2.05) is 35.7 Å². The molecule has 118 valence electrons. The van der Waals surface area contributed by atoms with Crippen molar-refractivity contribution in [1.82, 2.24) is 14.7 Å². The lowest BCUT2D eigenvalue weighted by molar-refractivity contribution is 0.251. The maximum atomic E-state index is 13.5. The normalized spacial score (nSPS) is 10.7. The van der Waals surface area contributed by atoms with Gasteiger partial charge >= 0.3 is 6.03 Å². The molecule has 0 aliphatic carbocycles. The predicted molar refractivity (Wildman–Crippen MR) is 82.1 cm³/mol. The van der Waals surface area contributed by atoms with Gasteiger partial charge in [-0.1, -0.05) is 6.07 Å². The molecule has 2 heterocycles. The highest BCUT2D eigenvalue weighted by Gasteiger charge is 2.09. The molecule has 3 rings (SSSR count). The molecule has 0 saturated carbocycles. The highest BCUT2D eigenvalue weighted by molar-refractivity contribution is 5.89. The van der Waals surface area contributed by atoms with Gasteiger partial charge in [-0.3, -0.25) is 0 Å². The number of pyridine rings is 1. The minimum absolute atomic E-state index is 0.0882. The van der Waals surface area contributed by atoms with Crippen molar-refractivity contribution < 1.29 is 13.6 Å². The second-order valence-electron chi connectivity index (χ2n) is 5.06. The first-order valence-corrected chi connectivity index (χ1v) is 6.96. The maximum absolute atomic E-state index is 13.5. The molecule has 0 fully saturated rings. The first-order chi connectivity index (χ1) is 11.0. The van der Waals surface area contributed by atoms with Crippen LogP contribution >= 0.6 is 0 Å². The molecular formula is C16H14F2N4O. The quantitative estimate of drug-likeness (QED) is 0.779. The second-order valence-corrected chi connectivity index (χ2v) is 5.06. The van der Waals surface area contributed by atoms with Gasteiger partial charge in [-0.05, 0) is 31.2 Å². The summed E-state index contributed by atoms with van der Waals surface area (Å²) in [5, 5.41) is 4.91. The number of amides is 2. The number of nitrogens with one attached hydrogen (secondary N) is 2. The third-order valence-electron chi connectivity index (χ3n) is 3.36. The Balaban J connectivity index is 1.65. The molecule has 0 aliphatic heterocycles. The van der Waals surface area contributed by atoms with E-state index in [4.69, 9.17) is 0 Å². The third kappa shape index (κ3) is 3.28. The zero-order valence-corrected chi connectivity index (χ0v) is 12.3. The average Bonchev–Trinajstić information content (AvgIpc) is 2.93. The zero-order chi connectivity index (χ0) is 16.4. The smallest absolute Gasteiger partial charge is 0.319 e. The van der Waals surface area contributed by atoms with Gasteiger partial charge in [-0.15, -0.1) is 0 Å². The minimum atomic E-state index is -0.830. The number of carbonyl (C=O) groups is 1. The summed E-state index contributed by atoms with van der Waals surface area (Å²) in [7, 11) is 0. The Labute approximate surface area is 131 Å². The molecule has 2 aromatic heterocycles. The number of hydrogen-bond acceptors (Lipinski definition) is 2. The van der Waals surface area contributed by atoms with Gasteiger partial charge in [0.2, 0.25) is 0 Å². The number of carbonyl (C=O) groups excluding carboxylic acids is 1. The highest BCUT2D eigenvalue weighted by atomic mass is 19.1. The number of imidazole rings is 1. The Kier molecular flexibility index (Phi) is 3.92. The fourth-order valence-electron chi connectivity index (χ4n) is 2.21. The van der Waals surface area contributed by atoms with Crippen LogP contribution in [0.1, 0.15) is 11.4 Å². The third-order valence-corrected chi connectivity index (χ3v) is 3.36. The van der Waals surface area contributed by atoms with E-state index in [1.165, 1.54) is 6.07 Å². The molecule has 0 radical (unpaired) electrons. The van der Waals surface area contributed by atoms with Crippen LogP contribution in [0.25, 0.3) is 5.65 Å². The molecule has 2 N–H and O–H groups in total. The van der Waals surface area contributed by atoms with Crippen molar-refractivity contribution >= 4 is 17.4 Å². The van der Waals surface area contributed by atoms with Crippen LogP contribution in [0.15, 0.2) is 42.6 Å². The summed E-state index contributed by atoms with van der Waals surface area (Å²) in [4.78, 5) is 16.2. The predicted octanol–water partition coefficient (Wildman–Crippen LogP) is 3.24. The summed E-state index contributed by atoms with van der Waals surface area (Å²) in [6, 6.07) is 8.08. The monoisotopic (exact) mass is 316 g/mol. The SMILES string of the molecule is Cc1cccc2nc(CNC(=O)Nc3ccc(F)cc3F)cn12. The van der Waals surface area contributed by atoms with Gasteiger partial charge in [0.05, 0.1) is 17.9 Å². The Morgan fingerprint density at radius 2 is 2.09 bits per heavy atom. The molecule has 0 atom stereocenters. The largest absolute Gasteiger partial charge is 0.332 e. The molecular weight excluding hydrogens is 302 g/mol. The van der Waals surface area contributed by atoms with Crippen molar-refractivity contribution in [3.8, 4) is 0 Å². The van der Waals surface area contributed by atoms with E-state index in [1.54, 1.807) is 0 Å². The van der Waals surface area contributed by atoms with Gasteiger partial charge in [-0.2, -0.15) is 0 Å². The topological polar surface area (TPSA) is 58.4 Å². The number of fused-ring (bicyclic) bond motifs is 1. The Morgan fingerprint density at radius 1 is 1.26 bits per heavy atom. The first kappa shape index (κ1) is 15.0. The van der Waals surface area contributed by atoms with Crippen LogP contribution in [0, 0.1) is 18.6 Å². The van der Waals surface area contributed by atoms with Crippen LogP contribution in [-0.4, -0.2) is 15.4 Å². The number of aryl methyl sites for hydroxylation is 1. The van der Waals surface area contributed by atoms with Gasteiger partial charge < -0.3 is 15.0 Å². The average molecular weight is 316 g/mol. The van der Waals surface area contributed by atoms with Crippen LogP contribution in [0.4, 0.5) is 19.3 Å². The molecule has 0 unspecified atom stereocenters. The second kappa shape index (κ2) is 6.04. The number of benzene rings is 1. The molecule has 0 aliphatic rings. The summed E-state index contributed by atoms with van der Waals surface area (Å²) in [5.41, 5.74) is 2.40. The van der Waals surface area contributed by atoms with Crippen molar-refractivity contribution in [3.05, 3.63) is 65.6 Å². The molecule has 2 amide bonds. The van der Waals surface area contributed by atoms with E-state index in [9.17, 15) is 13.6 Å². The van der Waals surface area contributed by atoms with Crippen LogP contribution in [0.2, 0.25) is 0 Å². The standard InChI is InChI=1S/C16H14F2N4O/c1-10-3-2-4-15-20-12(9-22(10)15)8-19-16(23)21-14-6-5-11(17)7-13(14)18/h2-7,9H,8H2,1H3,(H2,19,21,23). The molecule has 3 aromatic rings. The highest BCUT2D eigenvalue weighted by Crippen LogP contribution is 2.14. The summed E-state index contributed by atoms with van der Waals surface area (Å²) < 4.78 is 28.2. The van der Waals surface area contributed by atoms with Gasteiger partial charge in [0.1, 0.15) is 17.3 Å². The van der Waals surface area contributed by atoms with Gasteiger partial charge in [0, 0.05) is 18.0 Å². The van der Waals surface area contributed by atoms with E-state index in [0.29, 0.717) is 11.8 Å². The molecule has 0 saturated heterocycles. The summed E-state index contributed by atoms with van der Waals surface area (Å²) in [5.74, 6) is -1.53. The lowest BCUT2D eigenvalue weighted by Crippen LogP contribution is -2.28. The van der Waals surface area contributed by atoms with Crippen LogP contribution < -0.4 is 10.6 Å². The number of urea groups is 1. The molecule has 1 aromatic carbocycles. The van der Waals surface area contributed by atoms with Crippen molar-refractivity contribution in [2.45, 2.75) is 13.5 Å². The van der Waals surface area contributed by atoms with Crippen molar-refractivity contribution in [1.29, 1.82) is 0 Å². The molecule has 0 bridgehead atoms. The van der Waals surface area contributed by atoms with E-state index in [0.717, 1.165) is 17.4 Å².